The summed E-state index contributed by atoms with van der Waals surface area (Å²) in [6.45, 7) is 5.45. The molecule has 1 N–H and O–H groups in total. The predicted molar refractivity (Wildman–Crippen MR) is 73.9 cm³/mol. The number of thioether (sulfide) groups is 1. The Balaban J connectivity index is 2.56. The Hall–Kier alpha value is -0.710. The molecular weight excluding hydrogens is 272 g/mol. The Morgan fingerprint density at radius 2 is 2.11 bits per heavy atom. The van der Waals surface area contributed by atoms with Crippen LogP contribution in [-0.4, -0.2) is 22.4 Å². The van der Waals surface area contributed by atoms with Crippen molar-refractivity contribution in [2.24, 2.45) is 0 Å². The molecule has 0 heterocycles. The predicted octanol–water partition coefficient (Wildman–Crippen LogP) is 3.27. The highest BCUT2D eigenvalue weighted by Gasteiger charge is 2.16. The van der Waals surface area contributed by atoms with Crippen LogP contribution in [0.2, 0.25) is 5.02 Å². The lowest BCUT2D eigenvalue weighted by Gasteiger charge is -2.19. The van der Waals surface area contributed by atoms with Gasteiger partial charge in [-0.2, -0.15) is 0 Å². The molecule has 0 aliphatic carbocycles. The Morgan fingerprint density at radius 3 is 2.61 bits per heavy atom. The molecule has 5 heteroatoms. The van der Waals surface area contributed by atoms with Crippen LogP contribution in [-0.2, 0) is 16.1 Å². The minimum atomic E-state index is -0.470. The van der Waals surface area contributed by atoms with Gasteiger partial charge in [-0.1, -0.05) is 17.7 Å². The van der Waals surface area contributed by atoms with E-state index in [2.05, 4.69) is 0 Å². The lowest BCUT2D eigenvalue weighted by molar-refractivity contribution is -0.151. The average Bonchev–Trinajstić information content (AvgIpc) is 2.25. The third-order valence-corrected chi connectivity index (χ3v) is 3.42. The number of ether oxygens (including phenoxy) is 1. The van der Waals surface area contributed by atoms with Gasteiger partial charge in [0.15, 0.2) is 0 Å². The third-order valence-electron chi connectivity index (χ3n) is 1.94. The summed E-state index contributed by atoms with van der Waals surface area (Å²) >= 11 is 7.37. The van der Waals surface area contributed by atoms with E-state index in [0.717, 1.165) is 10.5 Å². The second-order valence-electron chi connectivity index (χ2n) is 4.80. The van der Waals surface area contributed by atoms with Crippen molar-refractivity contribution in [1.29, 1.82) is 0 Å². The molecule has 0 spiro atoms. The van der Waals surface area contributed by atoms with E-state index in [0.29, 0.717) is 5.02 Å². The van der Waals surface area contributed by atoms with Crippen LogP contribution in [0.4, 0.5) is 0 Å². The molecule has 0 radical (unpaired) electrons. The minimum Gasteiger partial charge on any atom is -0.459 e. The summed E-state index contributed by atoms with van der Waals surface area (Å²) in [7, 11) is 0. The Bertz CT molecular complexity index is 427. The number of hydrogen-bond acceptors (Lipinski definition) is 4. The molecule has 1 rings (SSSR count). The molecule has 1 aromatic carbocycles. The van der Waals surface area contributed by atoms with Gasteiger partial charge >= 0.3 is 5.97 Å². The molecule has 3 nitrogen and oxygen atoms in total. The van der Waals surface area contributed by atoms with Crippen molar-refractivity contribution in [3.8, 4) is 0 Å². The molecule has 18 heavy (non-hydrogen) atoms. The maximum atomic E-state index is 11.5. The van der Waals surface area contributed by atoms with E-state index in [-0.39, 0.29) is 18.3 Å². The Morgan fingerprint density at radius 1 is 1.44 bits per heavy atom. The van der Waals surface area contributed by atoms with Gasteiger partial charge in [-0.15, -0.1) is 11.8 Å². The second-order valence-corrected chi connectivity index (χ2v) is 6.22. The molecular formula is C13H17ClO3S. The molecule has 0 aromatic heterocycles. The zero-order valence-electron chi connectivity index (χ0n) is 10.7. The van der Waals surface area contributed by atoms with Crippen LogP contribution >= 0.6 is 23.4 Å². The molecule has 0 aliphatic heterocycles. The molecule has 0 unspecified atom stereocenters. The summed E-state index contributed by atoms with van der Waals surface area (Å²) < 4.78 is 5.20. The number of hydrogen-bond donors (Lipinski definition) is 1. The minimum absolute atomic E-state index is 0.0449. The van der Waals surface area contributed by atoms with Gasteiger partial charge in [0.25, 0.3) is 0 Å². The zero-order valence-corrected chi connectivity index (χ0v) is 12.3. The molecule has 0 fully saturated rings. The monoisotopic (exact) mass is 288 g/mol. The van der Waals surface area contributed by atoms with Crippen LogP contribution in [0, 0.1) is 0 Å². The first-order chi connectivity index (χ1) is 8.31. The van der Waals surface area contributed by atoms with Crippen LogP contribution in [0.25, 0.3) is 0 Å². The van der Waals surface area contributed by atoms with Crippen molar-refractivity contribution in [1.82, 2.24) is 0 Å². The molecule has 0 saturated heterocycles. The second kappa shape index (κ2) is 6.45. The number of esters is 1. The van der Waals surface area contributed by atoms with E-state index in [4.69, 9.17) is 21.4 Å². The molecule has 0 atom stereocenters. The van der Waals surface area contributed by atoms with Crippen molar-refractivity contribution in [3.63, 3.8) is 0 Å². The van der Waals surface area contributed by atoms with Gasteiger partial charge < -0.3 is 9.84 Å². The standard InChI is InChI=1S/C13H17ClO3S/c1-13(2,3)17-12(16)8-18-11-5-4-9(7-15)6-10(11)14/h4-6,15H,7-8H2,1-3H3. The maximum Gasteiger partial charge on any atom is 0.316 e. The van der Waals surface area contributed by atoms with Crippen LogP contribution in [0.5, 0.6) is 0 Å². The lowest BCUT2D eigenvalue weighted by atomic mass is 10.2. The van der Waals surface area contributed by atoms with E-state index in [1.165, 1.54) is 11.8 Å². The quantitative estimate of drug-likeness (QED) is 0.682. The van der Waals surface area contributed by atoms with Crippen LogP contribution in [0.1, 0.15) is 26.3 Å². The van der Waals surface area contributed by atoms with E-state index in [1.54, 1.807) is 18.2 Å². The van der Waals surface area contributed by atoms with Crippen molar-refractivity contribution in [2.75, 3.05) is 5.75 Å². The molecule has 0 aliphatic rings. The van der Waals surface area contributed by atoms with Gasteiger partial charge in [-0.05, 0) is 38.5 Å². The summed E-state index contributed by atoms with van der Waals surface area (Å²) in [5, 5.41) is 9.50. The first-order valence-corrected chi connectivity index (χ1v) is 6.92. The van der Waals surface area contributed by atoms with E-state index >= 15 is 0 Å². The summed E-state index contributed by atoms with van der Waals surface area (Å²) in [6, 6.07) is 5.27. The highest BCUT2D eigenvalue weighted by atomic mass is 35.5. The lowest BCUT2D eigenvalue weighted by Crippen LogP contribution is -2.24. The molecule has 0 bridgehead atoms. The third kappa shape index (κ3) is 5.29. The fourth-order valence-corrected chi connectivity index (χ4v) is 2.33. The van der Waals surface area contributed by atoms with Crippen LogP contribution in [0.15, 0.2) is 23.1 Å². The van der Waals surface area contributed by atoms with Crippen LogP contribution < -0.4 is 0 Å². The number of halogens is 1. The van der Waals surface area contributed by atoms with E-state index < -0.39 is 5.60 Å². The fraction of sp³-hybridized carbons (Fsp3) is 0.462. The van der Waals surface area contributed by atoms with Gasteiger partial charge in [0.05, 0.1) is 17.4 Å². The van der Waals surface area contributed by atoms with Gasteiger partial charge in [-0.3, -0.25) is 4.79 Å². The Labute approximate surface area is 116 Å². The summed E-state index contributed by atoms with van der Waals surface area (Å²) in [5.74, 6) is -0.0510. The Kier molecular flexibility index (Phi) is 5.50. The van der Waals surface area contributed by atoms with Crippen LogP contribution in [0.3, 0.4) is 0 Å². The molecule has 100 valence electrons. The smallest absolute Gasteiger partial charge is 0.316 e. The summed E-state index contributed by atoms with van der Waals surface area (Å²) in [5.41, 5.74) is 0.281. The van der Waals surface area contributed by atoms with Crippen molar-refractivity contribution >= 4 is 29.3 Å². The number of carbonyl (C=O) groups excluding carboxylic acids is 1. The summed E-state index contributed by atoms with van der Waals surface area (Å²) in [4.78, 5) is 12.3. The van der Waals surface area contributed by atoms with Gasteiger partial charge in [-0.25, -0.2) is 0 Å². The van der Waals surface area contributed by atoms with Gasteiger partial charge in [0.2, 0.25) is 0 Å². The van der Waals surface area contributed by atoms with Crippen molar-refractivity contribution in [2.45, 2.75) is 37.9 Å². The molecule has 0 saturated carbocycles. The SMILES string of the molecule is CC(C)(C)OC(=O)CSc1ccc(CO)cc1Cl. The highest BCUT2D eigenvalue weighted by Crippen LogP contribution is 2.28. The van der Waals surface area contributed by atoms with E-state index in [9.17, 15) is 4.79 Å². The van der Waals surface area contributed by atoms with Crippen molar-refractivity contribution < 1.29 is 14.6 Å². The number of rotatable bonds is 4. The van der Waals surface area contributed by atoms with Gasteiger partial charge in [0, 0.05) is 4.90 Å². The normalized spacial score (nSPS) is 11.4. The number of carbonyl (C=O) groups is 1. The number of aliphatic hydroxyl groups is 1. The fourth-order valence-electron chi connectivity index (χ4n) is 1.27. The first-order valence-electron chi connectivity index (χ1n) is 5.56. The topological polar surface area (TPSA) is 46.5 Å². The first kappa shape index (κ1) is 15.3. The highest BCUT2D eigenvalue weighted by molar-refractivity contribution is 8.00. The number of benzene rings is 1. The number of aliphatic hydroxyl groups excluding tert-OH is 1. The van der Waals surface area contributed by atoms with Crippen molar-refractivity contribution in [3.05, 3.63) is 28.8 Å². The zero-order chi connectivity index (χ0) is 13.8. The average molecular weight is 289 g/mol. The molecule has 0 amide bonds. The maximum absolute atomic E-state index is 11.5. The largest absolute Gasteiger partial charge is 0.459 e. The van der Waals surface area contributed by atoms with E-state index in [1.807, 2.05) is 20.8 Å². The van der Waals surface area contributed by atoms with Gasteiger partial charge in [0.1, 0.15) is 5.60 Å². The summed E-state index contributed by atoms with van der Waals surface area (Å²) in [6.07, 6.45) is 0. The molecule has 1 aromatic rings.